The highest BCUT2D eigenvalue weighted by molar-refractivity contribution is 7.89. The average Bonchev–Trinajstić information content (AvgIpc) is 2.65. The summed E-state index contributed by atoms with van der Waals surface area (Å²) < 4.78 is 32.3. The SMILES string of the molecule is Cc1ccc(Cl)cc1NC(=O)c1ccc(Cl)c(S(=O)(=O)N2CCOCC2)c1. The van der Waals surface area contributed by atoms with E-state index in [0.717, 1.165) is 5.56 Å². The molecule has 1 aliphatic rings. The molecular weight excluding hydrogens is 411 g/mol. The normalized spacial score (nSPS) is 15.5. The number of morpholine rings is 1. The van der Waals surface area contributed by atoms with Gasteiger partial charge < -0.3 is 10.1 Å². The number of aryl methyl sites for hydroxylation is 1. The van der Waals surface area contributed by atoms with Crippen molar-refractivity contribution in [3.63, 3.8) is 0 Å². The second-order valence-electron chi connectivity index (χ2n) is 6.08. The molecule has 2 aromatic carbocycles. The molecule has 2 aromatic rings. The summed E-state index contributed by atoms with van der Waals surface area (Å²) >= 11 is 12.1. The van der Waals surface area contributed by atoms with E-state index in [0.29, 0.717) is 23.9 Å². The molecule has 1 aliphatic heterocycles. The average molecular weight is 429 g/mol. The molecule has 0 saturated carbocycles. The fourth-order valence-corrected chi connectivity index (χ4v) is 4.77. The molecular formula is C18H18Cl2N2O4S. The number of nitrogens with zero attached hydrogens (tertiary/aromatic N) is 1. The fourth-order valence-electron chi connectivity index (χ4n) is 2.69. The van der Waals surface area contributed by atoms with E-state index in [1.165, 1.54) is 22.5 Å². The van der Waals surface area contributed by atoms with E-state index < -0.39 is 15.9 Å². The van der Waals surface area contributed by atoms with Crippen LogP contribution < -0.4 is 5.32 Å². The lowest BCUT2D eigenvalue weighted by molar-refractivity contribution is 0.0730. The van der Waals surface area contributed by atoms with E-state index in [2.05, 4.69) is 5.32 Å². The molecule has 0 spiro atoms. The van der Waals surface area contributed by atoms with Crippen molar-refractivity contribution in [1.29, 1.82) is 0 Å². The number of nitrogens with one attached hydrogen (secondary N) is 1. The lowest BCUT2D eigenvalue weighted by atomic mass is 10.1. The summed E-state index contributed by atoms with van der Waals surface area (Å²) in [5.74, 6) is -0.449. The van der Waals surface area contributed by atoms with Crippen LogP contribution in [0.1, 0.15) is 15.9 Å². The molecule has 0 radical (unpaired) electrons. The Morgan fingerprint density at radius 1 is 1.11 bits per heavy atom. The Bertz CT molecular complexity index is 973. The van der Waals surface area contributed by atoms with Crippen LogP contribution in [0.4, 0.5) is 5.69 Å². The highest BCUT2D eigenvalue weighted by Gasteiger charge is 2.29. The summed E-state index contributed by atoms with van der Waals surface area (Å²) in [6.45, 7) is 2.98. The summed E-state index contributed by atoms with van der Waals surface area (Å²) in [5.41, 5.74) is 1.58. The zero-order valence-electron chi connectivity index (χ0n) is 14.5. The number of ether oxygens (including phenoxy) is 1. The third-order valence-corrected chi connectivity index (χ3v) is 6.84. The van der Waals surface area contributed by atoms with Gasteiger partial charge in [-0.15, -0.1) is 0 Å². The molecule has 144 valence electrons. The Morgan fingerprint density at radius 3 is 2.52 bits per heavy atom. The van der Waals surface area contributed by atoms with Gasteiger partial charge in [-0.05, 0) is 42.8 Å². The minimum Gasteiger partial charge on any atom is -0.379 e. The number of amides is 1. The van der Waals surface area contributed by atoms with E-state index in [1.807, 2.05) is 6.92 Å². The van der Waals surface area contributed by atoms with E-state index >= 15 is 0 Å². The minimum atomic E-state index is -3.82. The Kier molecular flexibility index (Phi) is 6.08. The molecule has 1 saturated heterocycles. The van der Waals surface area contributed by atoms with E-state index in [1.54, 1.807) is 18.2 Å². The second kappa shape index (κ2) is 8.16. The molecule has 0 aliphatic carbocycles. The molecule has 1 fully saturated rings. The van der Waals surface area contributed by atoms with E-state index in [4.69, 9.17) is 27.9 Å². The van der Waals surface area contributed by atoms with Crippen LogP contribution in [0.3, 0.4) is 0 Å². The third-order valence-electron chi connectivity index (χ3n) is 4.23. The van der Waals surface area contributed by atoms with E-state index in [9.17, 15) is 13.2 Å². The van der Waals surface area contributed by atoms with Crippen molar-refractivity contribution in [3.05, 3.63) is 57.6 Å². The number of sulfonamides is 1. The Hall–Kier alpha value is -1.64. The number of hydrogen-bond donors (Lipinski definition) is 1. The lowest BCUT2D eigenvalue weighted by Gasteiger charge is -2.26. The molecule has 27 heavy (non-hydrogen) atoms. The van der Waals surface area contributed by atoms with Crippen LogP contribution in [0.15, 0.2) is 41.3 Å². The number of hydrogen-bond acceptors (Lipinski definition) is 4. The Balaban J connectivity index is 1.90. The number of carbonyl (C=O) groups excluding carboxylic acids is 1. The van der Waals surface area contributed by atoms with E-state index in [-0.39, 0.29) is 28.6 Å². The fraction of sp³-hybridized carbons (Fsp3) is 0.278. The summed E-state index contributed by atoms with van der Waals surface area (Å²) in [6, 6.07) is 9.33. The largest absolute Gasteiger partial charge is 0.379 e. The van der Waals surface area contributed by atoms with Gasteiger partial charge in [0.1, 0.15) is 4.90 Å². The van der Waals surface area contributed by atoms with Crippen LogP contribution in [0.25, 0.3) is 0 Å². The first-order valence-electron chi connectivity index (χ1n) is 8.24. The van der Waals surface area contributed by atoms with Gasteiger partial charge in [0, 0.05) is 29.4 Å². The van der Waals surface area contributed by atoms with Crippen LogP contribution in [0.5, 0.6) is 0 Å². The number of halogens is 2. The van der Waals surface area contributed by atoms with Gasteiger partial charge in [0.15, 0.2) is 0 Å². The predicted octanol–water partition coefficient (Wildman–Crippen LogP) is 3.58. The standard InChI is InChI=1S/C18H18Cl2N2O4S/c1-12-2-4-14(19)11-16(12)21-18(23)13-3-5-15(20)17(10-13)27(24,25)22-6-8-26-9-7-22/h2-5,10-11H,6-9H2,1H3,(H,21,23). The van der Waals surface area contributed by atoms with Crippen molar-refractivity contribution in [2.24, 2.45) is 0 Å². The number of rotatable bonds is 4. The van der Waals surface area contributed by atoms with Gasteiger partial charge in [-0.3, -0.25) is 4.79 Å². The molecule has 9 heteroatoms. The van der Waals surface area contributed by atoms with Crippen molar-refractivity contribution in [3.8, 4) is 0 Å². The molecule has 1 amide bonds. The first-order chi connectivity index (χ1) is 12.8. The molecule has 1 heterocycles. The van der Waals surface area contributed by atoms with Gasteiger partial charge >= 0.3 is 0 Å². The highest BCUT2D eigenvalue weighted by Crippen LogP contribution is 2.27. The monoisotopic (exact) mass is 428 g/mol. The van der Waals surface area contributed by atoms with Crippen LogP contribution in [0.2, 0.25) is 10.0 Å². The van der Waals surface area contributed by atoms with Gasteiger partial charge in [0.25, 0.3) is 5.91 Å². The van der Waals surface area contributed by atoms with Crippen LogP contribution in [0, 0.1) is 6.92 Å². The first-order valence-corrected chi connectivity index (χ1v) is 10.4. The van der Waals surface area contributed by atoms with Crippen LogP contribution >= 0.6 is 23.2 Å². The number of benzene rings is 2. The molecule has 3 rings (SSSR count). The van der Waals surface area contributed by atoms with Crippen molar-refractivity contribution in [2.75, 3.05) is 31.6 Å². The van der Waals surface area contributed by atoms with Crippen LogP contribution in [-0.2, 0) is 14.8 Å². The van der Waals surface area contributed by atoms with Crippen molar-refractivity contribution in [1.82, 2.24) is 4.31 Å². The van der Waals surface area contributed by atoms with Crippen molar-refractivity contribution >= 4 is 44.8 Å². The quantitative estimate of drug-likeness (QED) is 0.807. The maximum atomic E-state index is 12.9. The molecule has 0 bridgehead atoms. The predicted molar refractivity (Wildman–Crippen MR) is 105 cm³/mol. The number of carbonyl (C=O) groups is 1. The number of anilines is 1. The zero-order chi connectivity index (χ0) is 19.6. The maximum absolute atomic E-state index is 12.9. The maximum Gasteiger partial charge on any atom is 0.255 e. The second-order valence-corrected chi connectivity index (χ2v) is 8.83. The summed E-state index contributed by atoms with van der Waals surface area (Å²) in [5, 5.41) is 3.31. The van der Waals surface area contributed by atoms with Gasteiger partial charge in [-0.25, -0.2) is 8.42 Å². The van der Waals surface area contributed by atoms with Gasteiger partial charge in [-0.1, -0.05) is 29.3 Å². The Morgan fingerprint density at radius 2 is 1.81 bits per heavy atom. The Labute approximate surface area is 168 Å². The van der Waals surface area contributed by atoms with Gasteiger partial charge in [0.2, 0.25) is 10.0 Å². The highest BCUT2D eigenvalue weighted by atomic mass is 35.5. The van der Waals surface area contributed by atoms with Crippen molar-refractivity contribution < 1.29 is 17.9 Å². The first kappa shape index (κ1) is 20.1. The smallest absolute Gasteiger partial charge is 0.255 e. The summed E-state index contributed by atoms with van der Waals surface area (Å²) in [7, 11) is -3.82. The molecule has 0 unspecified atom stereocenters. The molecule has 0 aromatic heterocycles. The molecule has 1 N–H and O–H groups in total. The van der Waals surface area contributed by atoms with Gasteiger partial charge in [-0.2, -0.15) is 4.31 Å². The van der Waals surface area contributed by atoms with Gasteiger partial charge in [0.05, 0.1) is 18.2 Å². The summed E-state index contributed by atoms with van der Waals surface area (Å²) in [4.78, 5) is 12.5. The lowest BCUT2D eigenvalue weighted by Crippen LogP contribution is -2.40. The summed E-state index contributed by atoms with van der Waals surface area (Å²) in [6.07, 6.45) is 0. The minimum absolute atomic E-state index is 0.0666. The molecule has 0 atom stereocenters. The zero-order valence-corrected chi connectivity index (χ0v) is 16.9. The topological polar surface area (TPSA) is 75.7 Å². The molecule has 6 nitrogen and oxygen atoms in total. The van der Waals surface area contributed by atoms with Crippen molar-refractivity contribution in [2.45, 2.75) is 11.8 Å². The third kappa shape index (κ3) is 4.44. The van der Waals surface area contributed by atoms with Crippen LogP contribution in [-0.4, -0.2) is 44.9 Å².